The largest absolute Gasteiger partial charge is 0.424 e. The lowest BCUT2D eigenvalue weighted by Crippen LogP contribution is -2.38. The number of likely N-dealkylation sites (tertiary alicyclic amines) is 1. The first kappa shape index (κ1) is 16.3. The van der Waals surface area contributed by atoms with E-state index >= 15 is 0 Å². The van der Waals surface area contributed by atoms with Crippen LogP contribution in [0.25, 0.3) is 0 Å². The summed E-state index contributed by atoms with van der Waals surface area (Å²) >= 11 is 9.29. The summed E-state index contributed by atoms with van der Waals surface area (Å²) in [6.45, 7) is 0.591. The van der Waals surface area contributed by atoms with Crippen LogP contribution in [0.5, 0.6) is 5.75 Å². The van der Waals surface area contributed by atoms with Gasteiger partial charge in [0.25, 0.3) is 0 Å². The molecule has 1 heterocycles. The Kier molecular flexibility index (Phi) is 6.06. The van der Waals surface area contributed by atoms with Crippen LogP contribution in [0.3, 0.4) is 0 Å². The van der Waals surface area contributed by atoms with Gasteiger partial charge in [0.2, 0.25) is 5.91 Å². The van der Waals surface area contributed by atoms with Crippen molar-refractivity contribution in [3.05, 3.63) is 27.7 Å². The van der Waals surface area contributed by atoms with Gasteiger partial charge in [0.15, 0.2) is 0 Å². The third kappa shape index (κ3) is 5.00. The molecule has 0 unspecified atom stereocenters. The lowest BCUT2D eigenvalue weighted by molar-refractivity contribution is -0.143. The fraction of sp³-hybridized carbons (Fsp3) is 0.467. The number of hydrogen-bond donors (Lipinski definition) is 0. The van der Waals surface area contributed by atoms with Crippen LogP contribution in [0, 0.1) is 0 Å². The number of rotatable bonds is 3. The van der Waals surface area contributed by atoms with E-state index in [1.54, 1.807) is 23.1 Å². The van der Waals surface area contributed by atoms with Gasteiger partial charge in [0.05, 0.1) is 5.02 Å². The predicted octanol–water partition coefficient (Wildman–Crippen LogP) is 3.80. The summed E-state index contributed by atoms with van der Waals surface area (Å²) in [6.07, 6.45) is 4.50. The second kappa shape index (κ2) is 7.80. The standard InChI is InChI=1S/C15H17BrClNO3/c16-11-6-7-13(12(17)9-11)21-15(20)10-18-8-4-2-1-3-5-14(18)19/h6-7,9H,1-5,8,10H2. The molecule has 1 fully saturated rings. The van der Waals surface area contributed by atoms with Crippen molar-refractivity contribution >= 4 is 39.4 Å². The van der Waals surface area contributed by atoms with E-state index in [0.717, 1.165) is 30.2 Å². The summed E-state index contributed by atoms with van der Waals surface area (Å²) in [7, 11) is 0. The molecule has 0 radical (unpaired) electrons. The fourth-order valence-corrected chi connectivity index (χ4v) is 2.96. The van der Waals surface area contributed by atoms with Gasteiger partial charge in [-0.15, -0.1) is 0 Å². The predicted molar refractivity (Wildman–Crippen MR) is 84.5 cm³/mol. The molecule has 6 heteroatoms. The molecular formula is C15H17BrClNO3. The maximum Gasteiger partial charge on any atom is 0.331 e. The van der Waals surface area contributed by atoms with Crippen molar-refractivity contribution in [3.63, 3.8) is 0 Å². The van der Waals surface area contributed by atoms with Crippen LogP contribution in [0.4, 0.5) is 0 Å². The zero-order chi connectivity index (χ0) is 15.2. The molecule has 2 rings (SSSR count). The minimum absolute atomic E-state index is 0.0218. The fourth-order valence-electron chi connectivity index (χ4n) is 2.25. The van der Waals surface area contributed by atoms with Crippen molar-refractivity contribution in [3.8, 4) is 5.75 Å². The first-order chi connectivity index (χ1) is 10.1. The number of nitrogens with zero attached hydrogens (tertiary/aromatic N) is 1. The molecule has 0 atom stereocenters. The van der Waals surface area contributed by atoms with E-state index in [4.69, 9.17) is 16.3 Å². The number of ether oxygens (including phenoxy) is 1. The molecule has 1 aromatic rings. The van der Waals surface area contributed by atoms with Crippen molar-refractivity contribution < 1.29 is 14.3 Å². The van der Waals surface area contributed by atoms with Crippen LogP contribution in [0.2, 0.25) is 5.02 Å². The Morgan fingerprint density at radius 1 is 1.29 bits per heavy atom. The van der Waals surface area contributed by atoms with Crippen molar-refractivity contribution in [2.24, 2.45) is 0 Å². The number of esters is 1. The average Bonchev–Trinajstić information content (AvgIpc) is 2.42. The van der Waals surface area contributed by atoms with Crippen LogP contribution in [0.15, 0.2) is 22.7 Å². The SMILES string of the molecule is O=C(CN1CCCCCCC1=O)Oc1ccc(Br)cc1Cl. The van der Waals surface area contributed by atoms with Crippen LogP contribution < -0.4 is 4.74 Å². The first-order valence-electron chi connectivity index (χ1n) is 7.00. The molecule has 0 N–H and O–H groups in total. The molecule has 1 aliphatic rings. The molecule has 1 aliphatic heterocycles. The number of carbonyl (C=O) groups excluding carboxylic acids is 2. The summed E-state index contributed by atoms with van der Waals surface area (Å²) in [5, 5.41) is 0.358. The van der Waals surface area contributed by atoms with Gasteiger partial charge in [-0.3, -0.25) is 4.79 Å². The maximum atomic E-state index is 12.0. The molecule has 114 valence electrons. The molecule has 1 aromatic carbocycles. The summed E-state index contributed by atoms with van der Waals surface area (Å²) in [5.74, 6) is -0.133. The normalized spacial score (nSPS) is 16.3. The zero-order valence-corrected chi connectivity index (χ0v) is 14.0. The molecule has 1 saturated heterocycles. The number of benzene rings is 1. The third-order valence-corrected chi connectivity index (χ3v) is 4.15. The minimum atomic E-state index is -0.465. The number of carbonyl (C=O) groups is 2. The van der Waals surface area contributed by atoms with Gasteiger partial charge in [-0.25, -0.2) is 4.79 Å². The van der Waals surface area contributed by atoms with Crippen LogP contribution in [0.1, 0.15) is 32.1 Å². The second-order valence-corrected chi connectivity index (χ2v) is 6.35. The summed E-state index contributed by atoms with van der Waals surface area (Å²) < 4.78 is 6.05. The highest BCUT2D eigenvalue weighted by Crippen LogP contribution is 2.27. The Balaban J connectivity index is 1.95. The van der Waals surface area contributed by atoms with Gasteiger partial charge in [0, 0.05) is 17.4 Å². The van der Waals surface area contributed by atoms with Crippen molar-refractivity contribution in [1.29, 1.82) is 0 Å². The molecule has 0 aromatic heterocycles. The molecule has 1 amide bonds. The average molecular weight is 375 g/mol. The van der Waals surface area contributed by atoms with Gasteiger partial charge >= 0.3 is 5.97 Å². The lowest BCUT2D eigenvalue weighted by atomic mass is 10.1. The Morgan fingerprint density at radius 3 is 2.81 bits per heavy atom. The Bertz CT molecular complexity index is 536. The molecule has 0 aliphatic carbocycles. The topological polar surface area (TPSA) is 46.6 Å². The van der Waals surface area contributed by atoms with Crippen LogP contribution in [-0.4, -0.2) is 29.9 Å². The number of amides is 1. The van der Waals surface area contributed by atoms with Crippen LogP contribution in [-0.2, 0) is 9.59 Å². The quantitative estimate of drug-likeness (QED) is 0.597. The summed E-state index contributed by atoms with van der Waals surface area (Å²) in [5.41, 5.74) is 0. The van der Waals surface area contributed by atoms with E-state index in [1.807, 2.05) is 0 Å². The van der Waals surface area contributed by atoms with E-state index in [2.05, 4.69) is 15.9 Å². The van der Waals surface area contributed by atoms with Crippen LogP contribution >= 0.6 is 27.5 Å². The summed E-state index contributed by atoms with van der Waals surface area (Å²) in [6, 6.07) is 5.03. The highest BCUT2D eigenvalue weighted by Gasteiger charge is 2.20. The zero-order valence-electron chi connectivity index (χ0n) is 11.6. The van der Waals surface area contributed by atoms with Gasteiger partial charge < -0.3 is 9.64 Å². The molecule has 0 saturated carbocycles. The number of halogens is 2. The van der Waals surface area contributed by atoms with Crippen molar-refractivity contribution in [2.45, 2.75) is 32.1 Å². The highest BCUT2D eigenvalue weighted by atomic mass is 79.9. The molecular weight excluding hydrogens is 358 g/mol. The van der Waals surface area contributed by atoms with Gasteiger partial charge in [0.1, 0.15) is 12.3 Å². The van der Waals surface area contributed by atoms with E-state index in [0.29, 0.717) is 23.7 Å². The van der Waals surface area contributed by atoms with Crippen molar-refractivity contribution in [2.75, 3.05) is 13.1 Å². The Morgan fingerprint density at radius 2 is 2.05 bits per heavy atom. The van der Waals surface area contributed by atoms with Gasteiger partial charge in [-0.2, -0.15) is 0 Å². The molecule has 4 nitrogen and oxygen atoms in total. The van der Waals surface area contributed by atoms with E-state index in [1.165, 1.54) is 0 Å². The van der Waals surface area contributed by atoms with E-state index in [9.17, 15) is 9.59 Å². The molecule has 0 spiro atoms. The Labute approximate surface area is 137 Å². The summed E-state index contributed by atoms with van der Waals surface area (Å²) in [4.78, 5) is 25.5. The van der Waals surface area contributed by atoms with Gasteiger partial charge in [-0.05, 0) is 31.0 Å². The molecule has 21 heavy (non-hydrogen) atoms. The first-order valence-corrected chi connectivity index (χ1v) is 8.17. The van der Waals surface area contributed by atoms with Gasteiger partial charge in [-0.1, -0.05) is 40.4 Å². The second-order valence-electron chi connectivity index (χ2n) is 5.03. The van der Waals surface area contributed by atoms with E-state index in [-0.39, 0.29) is 12.5 Å². The smallest absolute Gasteiger partial charge is 0.331 e. The Hall–Kier alpha value is -1.07. The third-order valence-electron chi connectivity index (χ3n) is 3.36. The van der Waals surface area contributed by atoms with E-state index < -0.39 is 5.97 Å². The minimum Gasteiger partial charge on any atom is -0.424 e. The van der Waals surface area contributed by atoms with Crippen molar-refractivity contribution in [1.82, 2.24) is 4.90 Å². The number of hydrogen-bond acceptors (Lipinski definition) is 3. The lowest BCUT2D eigenvalue weighted by Gasteiger charge is -2.23. The highest BCUT2D eigenvalue weighted by molar-refractivity contribution is 9.10. The molecule has 0 bridgehead atoms. The monoisotopic (exact) mass is 373 g/mol. The maximum absolute atomic E-state index is 12.0.